The number of hydrogen-bond acceptors (Lipinski definition) is 1. The van der Waals surface area contributed by atoms with Crippen molar-refractivity contribution < 1.29 is 18.7 Å². The third kappa shape index (κ3) is 5.52. The topological polar surface area (TPSA) is 17.1 Å². The number of allylic oxidation sites excluding steroid dienone is 6. The van der Waals surface area contributed by atoms with Gasteiger partial charge in [0.1, 0.15) is 0 Å². The molecule has 0 aromatic carbocycles. The van der Waals surface area contributed by atoms with E-state index in [1.807, 2.05) is 24.3 Å². The standard InChI is InChI=1S/C9H9O.BrH.Co/c10-8-4-3-7-9-5-1-2-6-9;;/h1-3,5-7,9H,4H2;1H;/q-1;;+2/p-1. The van der Waals surface area contributed by atoms with Crippen LogP contribution in [0.1, 0.15) is 6.42 Å². The molecule has 0 unspecified atom stereocenters. The number of carbonyl (C=O) groups excluding carboxylic acids is 1. The molecule has 0 saturated carbocycles. The second-order valence-corrected chi connectivity index (χ2v) is 2.12. The zero-order valence-electron chi connectivity index (χ0n) is 6.37. The van der Waals surface area contributed by atoms with Crippen molar-refractivity contribution in [3.8, 4) is 0 Å². The molecule has 0 spiro atoms. The molecule has 1 aliphatic carbocycles. The molecule has 12 heavy (non-hydrogen) atoms. The predicted octanol–water partition coefficient (Wildman–Crippen LogP) is 2.63. The first-order valence-electron chi connectivity index (χ1n) is 3.43. The summed E-state index contributed by atoms with van der Waals surface area (Å²) in [5.41, 5.74) is 0. The maximum absolute atomic E-state index is 9.77. The summed E-state index contributed by atoms with van der Waals surface area (Å²) in [6.07, 6.45) is 14.2. The van der Waals surface area contributed by atoms with Gasteiger partial charge >= 0.3 is 28.1 Å². The van der Waals surface area contributed by atoms with Crippen LogP contribution in [0.15, 0.2) is 36.5 Å². The van der Waals surface area contributed by atoms with Gasteiger partial charge in [-0.3, -0.25) is 6.29 Å². The molecule has 0 amide bonds. The van der Waals surface area contributed by atoms with E-state index in [1.54, 1.807) is 6.29 Å². The number of hydrogen-bond donors (Lipinski definition) is 0. The van der Waals surface area contributed by atoms with E-state index in [9.17, 15) is 4.79 Å². The van der Waals surface area contributed by atoms with Crippen LogP contribution in [-0.4, -0.2) is 6.29 Å². The van der Waals surface area contributed by atoms with E-state index in [-0.39, 0.29) is 0 Å². The number of rotatable bonds is 3. The summed E-state index contributed by atoms with van der Waals surface area (Å²) in [6, 6.07) is 0. The normalized spacial score (nSPS) is 14.8. The Kier molecular flexibility index (Phi) is 8.88. The average Bonchev–Trinajstić information content (AvgIpc) is 2.61. The Morgan fingerprint density at radius 2 is 2.00 bits per heavy atom. The van der Waals surface area contributed by atoms with Crippen LogP contribution in [0.4, 0.5) is 0 Å². The fourth-order valence-electron chi connectivity index (χ4n) is 0.851. The summed E-state index contributed by atoms with van der Waals surface area (Å²) in [5, 5.41) is 0. The molecular formula is C9H9BrCoO. The summed E-state index contributed by atoms with van der Waals surface area (Å²) in [7, 11) is 0. The monoisotopic (exact) mass is 271 g/mol. The summed E-state index contributed by atoms with van der Waals surface area (Å²) < 4.78 is 0. The van der Waals surface area contributed by atoms with Gasteiger partial charge in [-0.2, -0.15) is 0 Å². The molecule has 0 heterocycles. The van der Waals surface area contributed by atoms with Gasteiger partial charge in [0, 0.05) is 5.92 Å². The van der Waals surface area contributed by atoms with Crippen LogP contribution in [0.2, 0.25) is 0 Å². The van der Waals surface area contributed by atoms with Crippen LogP contribution in [0, 0.1) is 5.92 Å². The van der Waals surface area contributed by atoms with Gasteiger partial charge in [0.05, 0.1) is 0 Å². The molecule has 0 aromatic rings. The molecule has 0 fully saturated rings. The van der Waals surface area contributed by atoms with Crippen molar-refractivity contribution >= 4 is 20.5 Å². The first-order valence-corrected chi connectivity index (χ1v) is 6.00. The molecule has 0 radical (unpaired) electrons. The average molecular weight is 272 g/mol. The van der Waals surface area contributed by atoms with E-state index in [4.69, 9.17) is 0 Å². The van der Waals surface area contributed by atoms with Gasteiger partial charge < -0.3 is 4.79 Å². The van der Waals surface area contributed by atoms with Gasteiger partial charge in [0.15, 0.2) is 0 Å². The van der Waals surface area contributed by atoms with Crippen molar-refractivity contribution in [2.75, 3.05) is 0 Å². The number of halogens is 1. The van der Waals surface area contributed by atoms with Crippen LogP contribution < -0.4 is 0 Å². The van der Waals surface area contributed by atoms with Crippen molar-refractivity contribution in [1.29, 1.82) is 0 Å². The maximum atomic E-state index is 9.77. The molecule has 0 N–H and O–H groups in total. The second-order valence-electron chi connectivity index (χ2n) is 2.12. The molecule has 1 nitrogen and oxygen atoms in total. The molecule has 1 rings (SSSR count). The SMILES string of the molecule is O=[C-]CC=CC1C=CC=C1.[Co+][Br]. The van der Waals surface area contributed by atoms with Gasteiger partial charge in [-0.05, 0) is 0 Å². The van der Waals surface area contributed by atoms with Gasteiger partial charge in [-0.15, -0.1) is 12.5 Å². The minimum absolute atomic E-state index is 0.397. The first kappa shape index (κ1) is 11.9. The Morgan fingerprint density at radius 3 is 2.50 bits per heavy atom. The quantitative estimate of drug-likeness (QED) is 0.570. The van der Waals surface area contributed by atoms with Crippen molar-refractivity contribution in [3.05, 3.63) is 36.5 Å². The molecule has 0 aliphatic heterocycles. The van der Waals surface area contributed by atoms with Crippen LogP contribution in [0.25, 0.3) is 0 Å². The van der Waals surface area contributed by atoms with Crippen molar-refractivity contribution in [2.45, 2.75) is 6.42 Å². The minimum atomic E-state index is 0.397. The van der Waals surface area contributed by atoms with Gasteiger partial charge in [0.2, 0.25) is 0 Å². The molecule has 1 aliphatic rings. The molecule has 0 bridgehead atoms. The summed E-state index contributed by atoms with van der Waals surface area (Å²) in [5.74, 6) is 0.397. The van der Waals surface area contributed by atoms with Crippen LogP contribution in [0.5, 0.6) is 0 Å². The van der Waals surface area contributed by atoms with Crippen molar-refractivity contribution in [3.63, 3.8) is 0 Å². The van der Waals surface area contributed by atoms with E-state index in [0.29, 0.717) is 12.3 Å². The fraction of sp³-hybridized carbons (Fsp3) is 0.222. The van der Waals surface area contributed by atoms with E-state index >= 15 is 0 Å². The van der Waals surface area contributed by atoms with Crippen molar-refractivity contribution in [1.82, 2.24) is 0 Å². The Hall–Kier alpha value is -0.124. The molecule has 0 aromatic heterocycles. The summed E-state index contributed by atoms with van der Waals surface area (Å²) >= 11 is 6.00. The van der Waals surface area contributed by atoms with E-state index in [2.05, 4.69) is 40.3 Å². The molecule has 0 saturated heterocycles. The summed E-state index contributed by atoms with van der Waals surface area (Å²) in [6.45, 7) is 0. The summed E-state index contributed by atoms with van der Waals surface area (Å²) in [4.78, 5) is 9.77. The van der Waals surface area contributed by atoms with E-state index in [1.165, 1.54) is 0 Å². The fourth-order valence-corrected chi connectivity index (χ4v) is 0.851. The van der Waals surface area contributed by atoms with Gasteiger partial charge in [-0.1, -0.05) is 30.4 Å². The van der Waals surface area contributed by atoms with E-state index < -0.39 is 0 Å². The predicted molar refractivity (Wildman–Crippen MR) is 50.1 cm³/mol. The zero-order chi connectivity index (χ0) is 9.23. The third-order valence-electron chi connectivity index (χ3n) is 1.34. The zero-order valence-corrected chi connectivity index (χ0v) is 9.00. The van der Waals surface area contributed by atoms with Crippen LogP contribution >= 0.6 is 14.2 Å². The Bertz CT molecular complexity index is 185. The third-order valence-corrected chi connectivity index (χ3v) is 1.34. The van der Waals surface area contributed by atoms with Crippen molar-refractivity contribution in [2.24, 2.45) is 5.92 Å². The van der Waals surface area contributed by atoms with Gasteiger partial charge in [-0.25, -0.2) is 0 Å². The molecule has 3 heteroatoms. The Morgan fingerprint density at radius 1 is 1.42 bits per heavy atom. The Labute approximate surface area is 87.9 Å². The van der Waals surface area contributed by atoms with Crippen LogP contribution in [-0.2, 0) is 18.7 Å². The Balaban J connectivity index is 0.000000561. The molecular weight excluding hydrogens is 263 g/mol. The molecule has 0 atom stereocenters. The van der Waals surface area contributed by atoms with Gasteiger partial charge in [0.25, 0.3) is 0 Å². The van der Waals surface area contributed by atoms with Crippen LogP contribution in [0.3, 0.4) is 0 Å². The van der Waals surface area contributed by atoms with E-state index in [0.717, 1.165) is 0 Å². The molecule has 67 valence electrons. The first-order chi connectivity index (χ1) is 5.93. The second kappa shape index (κ2) is 8.97.